The molecule has 0 radical (unpaired) electrons. The number of hydrogen-bond acceptors (Lipinski definition) is 7. The molecule has 1 aliphatic carbocycles. The minimum absolute atomic E-state index is 0.0693. The van der Waals surface area contributed by atoms with Crippen LogP contribution in [-0.4, -0.2) is 71.6 Å². The predicted octanol–water partition coefficient (Wildman–Crippen LogP) is 3.25. The number of fused-ring (bicyclic) bond motifs is 2. The summed E-state index contributed by atoms with van der Waals surface area (Å²) in [5, 5.41) is 15.6. The zero-order chi connectivity index (χ0) is 22.5. The summed E-state index contributed by atoms with van der Waals surface area (Å²) >= 11 is 0. The molecule has 2 bridgehead atoms. The van der Waals surface area contributed by atoms with E-state index in [9.17, 15) is 14.3 Å². The number of rotatable bonds is 6. The van der Waals surface area contributed by atoms with Gasteiger partial charge < -0.3 is 14.7 Å². The number of aliphatic hydroxyl groups is 1. The van der Waals surface area contributed by atoms with Crippen LogP contribution in [-0.2, 0) is 9.53 Å². The fourth-order valence-electron chi connectivity index (χ4n) is 4.68. The number of nitrogens with zero attached hydrogens (tertiary/aromatic N) is 4. The molecular formula is C24H31FN4O3. The molecule has 0 aromatic carbocycles. The second-order valence-electron chi connectivity index (χ2n) is 8.44. The molecule has 0 saturated carbocycles. The molecule has 0 amide bonds. The van der Waals surface area contributed by atoms with Crippen LogP contribution in [0.2, 0.25) is 0 Å². The van der Waals surface area contributed by atoms with Gasteiger partial charge in [0, 0.05) is 31.3 Å². The number of likely N-dealkylation sites (tertiary alicyclic amines) is 1. The molecule has 8 heteroatoms. The lowest BCUT2D eigenvalue weighted by molar-refractivity contribution is -0.142. The van der Waals surface area contributed by atoms with E-state index in [0.717, 1.165) is 47.6 Å². The van der Waals surface area contributed by atoms with E-state index in [2.05, 4.69) is 10.0 Å². The number of hydrazone groups is 1. The average Bonchev–Trinajstić information content (AvgIpc) is 3.09. The molecule has 3 heterocycles. The van der Waals surface area contributed by atoms with Crippen molar-refractivity contribution in [3.63, 3.8) is 0 Å². The maximum Gasteiger partial charge on any atom is 0.310 e. The normalized spacial score (nSPS) is 25.3. The van der Waals surface area contributed by atoms with Gasteiger partial charge in [-0.15, -0.1) is 0 Å². The quantitative estimate of drug-likeness (QED) is 0.505. The Morgan fingerprint density at radius 3 is 3.09 bits per heavy atom. The first-order chi connectivity index (χ1) is 15.6. The van der Waals surface area contributed by atoms with Crippen LogP contribution < -0.4 is 0 Å². The van der Waals surface area contributed by atoms with Gasteiger partial charge in [0.1, 0.15) is 12.0 Å². The lowest BCUT2D eigenvalue weighted by Gasteiger charge is -2.29. The van der Waals surface area contributed by atoms with Crippen molar-refractivity contribution in [2.45, 2.75) is 57.7 Å². The molecule has 4 aliphatic rings. The average molecular weight is 443 g/mol. The Morgan fingerprint density at radius 2 is 2.28 bits per heavy atom. The first-order valence-corrected chi connectivity index (χ1v) is 11.4. The number of carbonyl (C=O) groups excluding carboxylic acids is 1. The predicted molar refractivity (Wildman–Crippen MR) is 122 cm³/mol. The summed E-state index contributed by atoms with van der Waals surface area (Å²) in [4.78, 5) is 19.2. The molecule has 3 aliphatic heterocycles. The van der Waals surface area contributed by atoms with Crippen molar-refractivity contribution in [2.24, 2.45) is 10.1 Å². The summed E-state index contributed by atoms with van der Waals surface area (Å²) in [6.07, 6.45) is 11.9. The Hall–Kier alpha value is -2.74. The molecular weight excluding hydrogens is 411 g/mol. The van der Waals surface area contributed by atoms with E-state index in [1.54, 1.807) is 24.2 Å². The van der Waals surface area contributed by atoms with Crippen LogP contribution in [0.5, 0.6) is 0 Å². The van der Waals surface area contributed by atoms with Crippen LogP contribution in [0.4, 0.5) is 4.39 Å². The summed E-state index contributed by atoms with van der Waals surface area (Å²) in [6, 6.07) is 0.0693. The van der Waals surface area contributed by atoms with Gasteiger partial charge in [-0.3, -0.25) is 9.80 Å². The Balaban J connectivity index is 1.60. The Morgan fingerprint density at radius 1 is 1.41 bits per heavy atom. The number of carbonyl (C=O) groups is 1. The minimum atomic E-state index is -1.01. The van der Waals surface area contributed by atoms with Gasteiger partial charge in [0.05, 0.1) is 37.5 Å². The van der Waals surface area contributed by atoms with Crippen LogP contribution in [0, 0.1) is 0 Å². The second-order valence-corrected chi connectivity index (χ2v) is 8.44. The van der Waals surface area contributed by atoms with Gasteiger partial charge >= 0.3 is 5.97 Å². The van der Waals surface area contributed by atoms with Gasteiger partial charge in [-0.25, -0.2) is 9.38 Å². The van der Waals surface area contributed by atoms with Crippen molar-refractivity contribution in [3.8, 4) is 0 Å². The number of halogens is 1. The lowest BCUT2D eigenvalue weighted by atomic mass is 9.96. The van der Waals surface area contributed by atoms with Crippen LogP contribution in [0.25, 0.3) is 0 Å². The number of allylic oxidation sites excluding steroid dienone is 2. The highest BCUT2D eigenvalue weighted by Crippen LogP contribution is 2.33. The van der Waals surface area contributed by atoms with Gasteiger partial charge in [0.2, 0.25) is 0 Å². The Labute approximate surface area is 188 Å². The number of amidine groups is 1. The van der Waals surface area contributed by atoms with Gasteiger partial charge in [0.25, 0.3) is 0 Å². The van der Waals surface area contributed by atoms with E-state index < -0.39 is 6.17 Å². The zero-order valence-electron chi connectivity index (χ0n) is 18.5. The van der Waals surface area contributed by atoms with Crippen molar-refractivity contribution in [3.05, 3.63) is 46.8 Å². The molecule has 7 nitrogen and oxygen atoms in total. The van der Waals surface area contributed by atoms with Crippen molar-refractivity contribution in [1.82, 2.24) is 9.91 Å². The van der Waals surface area contributed by atoms with E-state index >= 15 is 0 Å². The second kappa shape index (κ2) is 10.3. The van der Waals surface area contributed by atoms with E-state index in [4.69, 9.17) is 9.73 Å². The van der Waals surface area contributed by atoms with Gasteiger partial charge in [-0.1, -0.05) is 11.6 Å². The third-order valence-corrected chi connectivity index (χ3v) is 6.20. The van der Waals surface area contributed by atoms with E-state index in [1.165, 1.54) is 0 Å². The topological polar surface area (TPSA) is 77.7 Å². The molecule has 2 atom stereocenters. The van der Waals surface area contributed by atoms with Crippen molar-refractivity contribution >= 4 is 18.0 Å². The number of alkyl halides is 1. The third-order valence-electron chi connectivity index (χ3n) is 6.20. The van der Waals surface area contributed by atoms with Crippen molar-refractivity contribution in [1.29, 1.82) is 0 Å². The maximum absolute atomic E-state index is 14.5. The molecule has 0 aromatic rings. The van der Waals surface area contributed by atoms with Gasteiger partial charge in [-0.2, -0.15) is 5.10 Å². The van der Waals surface area contributed by atoms with Crippen molar-refractivity contribution in [2.75, 3.05) is 26.3 Å². The number of esters is 1. The SMILES string of the molecule is CCOC(=O)CC1=C2CN(C=CC(N3CCC[C@@H]3C3=CC(F)CC=C(CCO)C3)=N2)N=C1. The lowest BCUT2D eigenvalue weighted by Crippen LogP contribution is -2.36. The number of aliphatic imine (C=N–C) groups is 1. The molecule has 0 spiro atoms. The first-order valence-electron chi connectivity index (χ1n) is 11.4. The summed E-state index contributed by atoms with van der Waals surface area (Å²) < 4.78 is 19.6. The zero-order valence-corrected chi connectivity index (χ0v) is 18.5. The first kappa shape index (κ1) is 22.5. The number of hydrogen-bond donors (Lipinski definition) is 1. The Bertz CT molecular complexity index is 918. The molecule has 32 heavy (non-hydrogen) atoms. The minimum Gasteiger partial charge on any atom is -0.466 e. The summed E-state index contributed by atoms with van der Waals surface area (Å²) in [7, 11) is 0. The van der Waals surface area contributed by atoms with Crippen molar-refractivity contribution < 1.29 is 19.0 Å². The molecule has 0 aromatic heterocycles. The third kappa shape index (κ3) is 5.18. The van der Waals surface area contributed by atoms with E-state index in [-0.39, 0.29) is 25.0 Å². The van der Waals surface area contributed by atoms with Crippen LogP contribution in [0.15, 0.2) is 56.9 Å². The fraction of sp³-hybridized carbons (Fsp3) is 0.542. The fourth-order valence-corrected chi connectivity index (χ4v) is 4.68. The summed E-state index contributed by atoms with van der Waals surface area (Å²) in [5.74, 6) is 0.522. The Kier molecular flexibility index (Phi) is 7.19. The highest BCUT2D eigenvalue weighted by Gasteiger charge is 2.32. The van der Waals surface area contributed by atoms with Crippen LogP contribution in [0.3, 0.4) is 0 Å². The maximum atomic E-state index is 14.5. The number of aliphatic hydroxyl groups excluding tert-OH is 1. The highest BCUT2D eigenvalue weighted by atomic mass is 19.1. The molecule has 1 unspecified atom stereocenters. The smallest absolute Gasteiger partial charge is 0.310 e. The van der Waals surface area contributed by atoms with Gasteiger partial charge in [0.15, 0.2) is 0 Å². The van der Waals surface area contributed by atoms with Crippen LogP contribution >= 0.6 is 0 Å². The molecule has 172 valence electrons. The molecule has 1 saturated heterocycles. The van der Waals surface area contributed by atoms with E-state index in [1.807, 2.05) is 18.4 Å². The van der Waals surface area contributed by atoms with Crippen LogP contribution in [0.1, 0.15) is 45.4 Å². The largest absolute Gasteiger partial charge is 0.466 e. The molecule has 1 fully saturated rings. The molecule has 1 N–H and O–H groups in total. The highest BCUT2D eigenvalue weighted by molar-refractivity contribution is 5.96. The number of ether oxygens (including phenoxy) is 1. The van der Waals surface area contributed by atoms with E-state index in [0.29, 0.717) is 32.4 Å². The monoisotopic (exact) mass is 442 g/mol. The molecule has 4 rings (SSSR count). The van der Waals surface area contributed by atoms with Gasteiger partial charge in [-0.05, 0) is 50.3 Å². The standard InChI is InChI=1S/C24H31FN4O3/c1-2-32-24(31)14-19-15-26-28-10-7-23(27-21(19)16-28)29-9-3-4-22(29)18-12-17(8-11-30)5-6-20(25)13-18/h5,7,10,13,15,20,22,30H,2-4,6,8-9,11-12,14,16H2,1H3/t20?,22-/m1/s1. The summed E-state index contributed by atoms with van der Waals surface area (Å²) in [6.45, 7) is 3.54. The summed E-state index contributed by atoms with van der Waals surface area (Å²) in [5.41, 5.74) is 3.73.